The number of aryl methyl sites for hydroxylation is 2. The normalized spacial score (nSPS) is 17.1. The summed E-state index contributed by atoms with van der Waals surface area (Å²) in [5.41, 5.74) is 2.59. The summed E-state index contributed by atoms with van der Waals surface area (Å²) in [6.07, 6.45) is 2.59. The molecule has 3 heterocycles. The zero-order valence-corrected chi connectivity index (χ0v) is 16.9. The Kier molecular flexibility index (Phi) is 5.18. The molecule has 1 fully saturated rings. The molecule has 148 valence electrons. The maximum absolute atomic E-state index is 13.1. The number of fused-ring (bicyclic) bond motifs is 1. The summed E-state index contributed by atoms with van der Waals surface area (Å²) in [7, 11) is -3.60. The molecule has 0 N–H and O–H groups in total. The van der Waals surface area contributed by atoms with Crippen molar-refractivity contribution in [3.8, 4) is 0 Å². The van der Waals surface area contributed by atoms with Crippen molar-refractivity contribution in [2.45, 2.75) is 31.7 Å². The zero-order chi connectivity index (χ0) is 19.7. The van der Waals surface area contributed by atoms with Crippen LogP contribution < -0.4 is 0 Å². The molecule has 0 aliphatic carbocycles. The highest BCUT2D eigenvalue weighted by Crippen LogP contribution is 2.25. The number of pyridine rings is 1. The Bertz CT molecular complexity index is 1070. The van der Waals surface area contributed by atoms with Gasteiger partial charge in [-0.05, 0) is 38.4 Å². The van der Waals surface area contributed by atoms with E-state index in [0.29, 0.717) is 31.1 Å². The van der Waals surface area contributed by atoms with Crippen LogP contribution >= 0.6 is 0 Å². The van der Waals surface area contributed by atoms with Gasteiger partial charge < -0.3 is 4.52 Å². The number of nitrogens with zero attached hydrogens (tertiary/aromatic N) is 4. The summed E-state index contributed by atoms with van der Waals surface area (Å²) < 4.78 is 32.8. The number of para-hydroxylation sites is 1. The smallest absolute Gasteiger partial charge is 0.248 e. The quantitative estimate of drug-likeness (QED) is 0.670. The molecule has 3 aromatic rings. The second-order valence-corrected chi connectivity index (χ2v) is 9.05. The van der Waals surface area contributed by atoms with Crippen molar-refractivity contribution < 1.29 is 12.9 Å². The summed E-state index contributed by atoms with van der Waals surface area (Å²) in [5, 5.41) is 4.92. The molecular weight excluding hydrogens is 376 g/mol. The van der Waals surface area contributed by atoms with Gasteiger partial charge in [-0.15, -0.1) is 0 Å². The molecule has 4 rings (SSSR count). The fourth-order valence-corrected chi connectivity index (χ4v) is 5.61. The summed E-state index contributed by atoms with van der Waals surface area (Å²) in [5.74, 6) is 0.348. The van der Waals surface area contributed by atoms with Crippen LogP contribution in [0.25, 0.3) is 10.9 Å². The first-order valence-corrected chi connectivity index (χ1v) is 10.9. The molecule has 0 radical (unpaired) electrons. The lowest BCUT2D eigenvalue weighted by atomic mass is 10.1. The average Bonchev–Trinajstić information content (AvgIpc) is 2.88. The first kappa shape index (κ1) is 19.0. The third-order valence-electron chi connectivity index (χ3n) is 5.22. The van der Waals surface area contributed by atoms with Crippen LogP contribution in [0.15, 0.2) is 45.9 Å². The van der Waals surface area contributed by atoms with Crippen molar-refractivity contribution in [2.75, 3.05) is 26.2 Å². The van der Waals surface area contributed by atoms with E-state index in [1.807, 2.05) is 18.3 Å². The van der Waals surface area contributed by atoms with Crippen LogP contribution in [0.4, 0.5) is 0 Å². The zero-order valence-electron chi connectivity index (χ0n) is 16.1. The van der Waals surface area contributed by atoms with E-state index in [2.05, 4.69) is 33.2 Å². The Hall–Kier alpha value is -2.29. The molecule has 0 saturated carbocycles. The van der Waals surface area contributed by atoms with Gasteiger partial charge >= 0.3 is 0 Å². The highest BCUT2D eigenvalue weighted by atomic mass is 32.2. The SMILES string of the molecule is Cc1noc(C)c1S(=O)(=O)N1CCCN(Cc2cccc3cccnc23)CC1. The van der Waals surface area contributed by atoms with Crippen LogP contribution in [0.1, 0.15) is 23.4 Å². The summed E-state index contributed by atoms with van der Waals surface area (Å²) in [6, 6.07) is 10.2. The van der Waals surface area contributed by atoms with E-state index in [4.69, 9.17) is 4.52 Å². The third kappa shape index (κ3) is 3.55. The highest BCUT2D eigenvalue weighted by Gasteiger charge is 2.32. The lowest BCUT2D eigenvalue weighted by Gasteiger charge is -2.22. The molecule has 0 unspecified atom stereocenters. The summed E-state index contributed by atoms with van der Waals surface area (Å²) >= 11 is 0. The Morgan fingerprint density at radius 1 is 1.07 bits per heavy atom. The second-order valence-electron chi connectivity index (χ2n) is 7.18. The number of hydrogen-bond donors (Lipinski definition) is 0. The molecule has 1 saturated heterocycles. The number of benzene rings is 1. The van der Waals surface area contributed by atoms with E-state index in [9.17, 15) is 8.42 Å². The van der Waals surface area contributed by atoms with Gasteiger partial charge in [-0.3, -0.25) is 9.88 Å². The molecule has 7 nitrogen and oxygen atoms in total. The third-order valence-corrected chi connectivity index (χ3v) is 7.37. The van der Waals surface area contributed by atoms with Gasteiger partial charge in [0.1, 0.15) is 10.6 Å². The highest BCUT2D eigenvalue weighted by molar-refractivity contribution is 7.89. The minimum Gasteiger partial charge on any atom is -0.360 e. The lowest BCUT2D eigenvalue weighted by Crippen LogP contribution is -2.35. The van der Waals surface area contributed by atoms with Gasteiger partial charge in [0.2, 0.25) is 10.0 Å². The van der Waals surface area contributed by atoms with Crippen molar-refractivity contribution >= 4 is 20.9 Å². The van der Waals surface area contributed by atoms with Crippen molar-refractivity contribution in [1.82, 2.24) is 19.3 Å². The van der Waals surface area contributed by atoms with Crippen LogP contribution in [0, 0.1) is 13.8 Å². The Labute approximate surface area is 165 Å². The fourth-order valence-electron chi connectivity index (χ4n) is 3.85. The number of sulfonamides is 1. The van der Waals surface area contributed by atoms with Crippen molar-refractivity contribution in [3.05, 3.63) is 53.5 Å². The molecule has 0 amide bonds. The molecular formula is C20H24N4O3S. The van der Waals surface area contributed by atoms with Gasteiger partial charge in [0, 0.05) is 37.8 Å². The summed E-state index contributed by atoms with van der Waals surface area (Å²) in [4.78, 5) is 7.03. The molecule has 8 heteroatoms. The monoisotopic (exact) mass is 400 g/mol. The molecule has 0 atom stereocenters. The number of rotatable bonds is 4. The largest absolute Gasteiger partial charge is 0.360 e. The minimum atomic E-state index is -3.60. The second kappa shape index (κ2) is 7.62. The molecule has 0 spiro atoms. The Morgan fingerprint density at radius 3 is 2.68 bits per heavy atom. The fraction of sp³-hybridized carbons (Fsp3) is 0.400. The van der Waals surface area contributed by atoms with Crippen molar-refractivity contribution in [3.63, 3.8) is 0 Å². The molecule has 28 heavy (non-hydrogen) atoms. The average molecular weight is 401 g/mol. The molecule has 2 aromatic heterocycles. The van der Waals surface area contributed by atoms with Gasteiger partial charge in [-0.2, -0.15) is 4.31 Å². The predicted octanol–water partition coefficient (Wildman–Crippen LogP) is 2.74. The van der Waals surface area contributed by atoms with E-state index in [1.54, 1.807) is 18.2 Å². The molecule has 1 aliphatic rings. The first-order valence-electron chi connectivity index (χ1n) is 9.45. The van der Waals surface area contributed by atoms with Gasteiger partial charge in [0.15, 0.2) is 5.76 Å². The van der Waals surface area contributed by atoms with Crippen LogP contribution in [0.3, 0.4) is 0 Å². The Balaban J connectivity index is 1.51. The van der Waals surface area contributed by atoms with E-state index in [-0.39, 0.29) is 4.90 Å². The molecule has 0 bridgehead atoms. The minimum absolute atomic E-state index is 0.208. The predicted molar refractivity (Wildman–Crippen MR) is 106 cm³/mol. The van der Waals surface area contributed by atoms with Crippen LogP contribution in [0.2, 0.25) is 0 Å². The van der Waals surface area contributed by atoms with Crippen molar-refractivity contribution in [1.29, 1.82) is 0 Å². The van der Waals surface area contributed by atoms with E-state index in [1.165, 1.54) is 5.56 Å². The van der Waals surface area contributed by atoms with E-state index >= 15 is 0 Å². The topological polar surface area (TPSA) is 79.5 Å². The summed E-state index contributed by atoms with van der Waals surface area (Å²) in [6.45, 7) is 6.53. The van der Waals surface area contributed by atoms with Gasteiger partial charge in [-0.1, -0.05) is 29.4 Å². The Morgan fingerprint density at radius 2 is 1.89 bits per heavy atom. The van der Waals surface area contributed by atoms with E-state index < -0.39 is 10.0 Å². The number of aromatic nitrogens is 2. The maximum atomic E-state index is 13.1. The van der Waals surface area contributed by atoms with Crippen LogP contribution in [-0.2, 0) is 16.6 Å². The first-order chi connectivity index (χ1) is 13.5. The molecule has 1 aromatic carbocycles. The van der Waals surface area contributed by atoms with E-state index in [0.717, 1.165) is 30.4 Å². The molecule has 1 aliphatic heterocycles. The van der Waals surface area contributed by atoms with Crippen LogP contribution in [-0.4, -0.2) is 53.9 Å². The lowest BCUT2D eigenvalue weighted by molar-refractivity contribution is 0.279. The number of hydrogen-bond acceptors (Lipinski definition) is 6. The van der Waals surface area contributed by atoms with Crippen LogP contribution in [0.5, 0.6) is 0 Å². The van der Waals surface area contributed by atoms with Gasteiger partial charge in [-0.25, -0.2) is 8.42 Å². The standard InChI is InChI=1S/C20H24N4O3S/c1-15-20(16(2)27-22-15)28(25,26)24-11-5-10-23(12-13-24)14-18-7-3-6-17-8-4-9-21-19(17)18/h3-4,6-9H,5,10-14H2,1-2H3. The van der Waals surface area contributed by atoms with Gasteiger partial charge in [0.05, 0.1) is 5.52 Å². The van der Waals surface area contributed by atoms with Crippen molar-refractivity contribution in [2.24, 2.45) is 0 Å². The van der Waals surface area contributed by atoms with Gasteiger partial charge in [0.25, 0.3) is 0 Å². The maximum Gasteiger partial charge on any atom is 0.248 e.